The Morgan fingerprint density at radius 2 is 2.22 bits per heavy atom. The maximum absolute atomic E-state index is 12.0. The third kappa shape index (κ3) is 4.96. The molecule has 1 heterocycles. The molecule has 6 heteroatoms. The molecule has 2 amide bonds. The van der Waals surface area contributed by atoms with Crippen LogP contribution in [0.2, 0.25) is 0 Å². The predicted octanol–water partition coefficient (Wildman–Crippen LogP) is 2.81. The van der Waals surface area contributed by atoms with E-state index in [0.717, 1.165) is 9.35 Å². The SMILES string of the molecule is CC(O)CN(C(=O)NCc1cc(Br)cs1)C(C)C. The van der Waals surface area contributed by atoms with Gasteiger partial charge in [-0.25, -0.2) is 4.79 Å². The summed E-state index contributed by atoms with van der Waals surface area (Å²) >= 11 is 4.97. The summed E-state index contributed by atoms with van der Waals surface area (Å²) in [5.74, 6) is 0. The molecule has 0 aliphatic carbocycles. The van der Waals surface area contributed by atoms with Gasteiger partial charge < -0.3 is 15.3 Å². The number of aliphatic hydroxyl groups excluding tert-OH is 1. The summed E-state index contributed by atoms with van der Waals surface area (Å²) in [5, 5.41) is 14.2. The average Bonchev–Trinajstić information content (AvgIpc) is 2.68. The molecule has 0 fully saturated rings. The van der Waals surface area contributed by atoms with Crippen LogP contribution in [-0.2, 0) is 6.54 Å². The highest BCUT2D eigenvalue weighted by atomic mass is 79.9. The molecule has 0 saturated heterocycles. The number of aliphatic hydroxyl groups is 1. The Labute approximate surface area is 120 Å². The molecule has 0 saturated carbocycles. The number of halogens is 1. The van der Waals surface area contributed by atoms with E-state index in [2.05, 4.69) is 21.2 Å². The molecule has 102 valence electrons. The molecule has 0 aliphatic heterocycles. The normalized spacial score (nSPS) is 12.6. The minimum absolute atomic E-state index is 0.0645. The Hall–Kier alpha value is -0.590. The molecule has 4 nitrogen and oxygen atoms in total. The van der Waals surface area contributed by atoms with E-state index in [1.54, 1.807) is 23.2 Å². The number of carbonyl (C=O) groups is 1. The van der Waals surface area contributed by atoms with Gasteiger partial charge in [0.1, 0.15) is 0 Å². The number of hydrogen-bond donors (Lipinski definition) is 2. The van der Waals surface area contributed by atoms with Gasteiger partial charge in [0, 0.05) is 27.3 Å². The predicted molar refractivity (Wildman–Crippen MR) is 77.8 cm³/mol. The molecule has 1 atom stereocenters. The molecule has 1 aromatic heterocycles. The van der Waals surface area contributed by atoms with E-state index in [9.17, 15) is 9.90 Å². The lowest BCUT2D eigenvalue weighted by Crippen LogP contribution is -2.46. The number of amides is 2. The van der Waals surface area contributed by atoms with Crippen molar-refractivity contribution in [3.8, 4) is 0 Å². The van der Waals surface area contributed by atoms with Gasteiger partial charge in [0.05, 0.1) is 12.6 Å². The van der Waals surface area contributed by atoms with Crippen LogP contribution in [0.15, 0.2) is 15.9 Å². The van der Waals surface area contributed by atoms with Gasteiger partial charge in [0.15, 0.2) is 0 Å². The van der Waals surface area contributed by atoms with Crippen LogP contribution in [0.5, 0.6) is 0 Å². The van der Waals surface area contributed by atoms with Crippen LogP contribution in [0.4, 0.5) is 4.79 Å². The van der Waals surface area contributed by atoms with E-state index in [4.69, 9.17) is 0 Å². The second-order valence-corrected chi connectivity index (χ2v) is 6.40. The van der Waals surface area contributed by atoms with Gasteiger partial charge in [-0.2, -0.15) is 0 Å². The molecule has 0 aliphatic rings. The van der Waals surface area contributed by atoms with Crippen molar-refractivity contribution >= 4 is 33.3 Å². The molecule has 0 aromatic carbocycles. The number of thiophene rings is 1. The summed E-state index contributed by atoms with van der Waals surface area (Å²) in [6, 6.07) is 1.91. The first kappa shape index (κ1) is 15.5. The maximum Gasteiger partial charge on any atom is 0.318 e. The Morgan fingerprint density at radius 3 is 2.67 bits per heavy atom. The molecule has 0 spiro atoms. The summed E-state index contributed by atoms with van der Waals surface area (Å²) < 4.78 is 1.03. The molecule has 0 bridgehead atoms. The lowest BCUT2D eigenvalue weighted by atomic mass is 10.3. The summed E-state index contributed by atoms with van der Waals surface area (Å²) in [6.45, 7) is 6.40. The van der Waals surface area contributed by atoms with E-state index < -0.39 is 6.10 Å². The second-order valence-electron chi connectivity index (χ2n) is 4.49. The third-order valence-corrected chi connectivity index (χ3v) is 4.08. The number of urea groups is 1. The van der Waals surface area contributed by atoms with Crippen molar-refractivity contribution in [1.29, 1.82) is 0 Å². The van der Waals surface area contributed by atoms with Crippen molar-refractivity contribution in [1.82, 2.24) is 10.2 Å². The summed E-state index contributed by atoms with van der Waals surface area (Å²) in [4.78, 5) is 14.7. The Bertz CT molecular complexity index is 393. The van der Waals surface area contributed by atoms with Crippen LogP contribution in [-0.4, -0.2) is 34.7 Å². The van der Waals surface area contributed by atoms with Crippen molar-refractivity contribution in [2.45, 2.75) is 39.5 Å². The number of carbonyl (C=O) groups excluding carboxylic acids is 1. The van der Waals surface area contributed by atoms with Gasteiger partial charge >= 0.3 is 6.03 Å². The second kappa shape index (κ2) is 7.11. The molecule has 0 radical (unpaired) electrons. The van der Waals surface area contributed by atoms with E-state index in [1.165, 1.54) is 0 Å². The first-order valence-electron chi connectivity index (χ1n) is 5.85. The fourth-order valence-electron chi connectivity index (χ4n) is 1.52. The van der Waals surface area contributed by atoms with E-state index >= 15 is 0 Å². The minimum Gasteiger partial charge on any atom is -0.392 e. The zero-order valence-corrected chi connectivity index (χ0v) is 13.2. The number of nitrogens with one attached hydrogen (secondary N) is 1. The molecule has 1 aromatic rings. The number of rotatable bonds is 5. The van der Waals surface area contributed by atoms with Crippen LogP contribution in [0, 0.1) is 0 Å². The smallest absolute Gasteiger partial charge is 0.318 e. The van der Waals surface area contributed by atoms with Gasteiger partial charge in [-0.1, -0.05) is 0 Å². The van der Waals surface area contributed by atoms with Gasteiger partial charge in [0.25, 0.3) is 0 Å². The van der Waals surface area contributed by atoms with Crippen molar-refractivity contribution in [3.05, 3.63) is 20.8 Å². The third-order valence-electron chi connectivity index (χ3n) is 2.38. The van der Waals surface area contributed by atoms with Gasteiger partial charge in [-0.3, -0.25) is 0 Å². The molecular weight excluding hydrogens is 316 g/mol. The number of nitrogens with zero attached hydrogens (tertiary/aromatic N) is 1. The average molecular weight is 335 g/mol. The Balaban J connectivity index is 2.51. The van der Waals surface area contributed by atoms with Gasteiger partial charge in [-0.05, 0) is 42.8 Å². The van der Waals surface area contributed by atoms with E-state index in [-0.39, 0.29) is 12.1 Å². The van der Waals surface area contributed by atoms with Gasteiger partial charge in [0.2, 0.25) is 0 Å². The summed E-state index contributed by atoms with van der Waals surface area (Å²) in [7, 11) is 0. The van der Waals surface area contributed by atoms with Crippen LogP contribution >= 0.6 is 27.3 Å². The zero-order chi connectivity index (χ0) is 13.7. The van der Waals surface area contributed by atoms with Crippen molar-refractivity contribution in [2.75, 3.05) is 6.54 Å². The first-order chi connectivity index (χ1) is 8.40. The highest BCUT2D eigenvalue weighted by Gasteiger charge is 2.18. The first-order valence-corrected chi connectivity index (χ1v) is 7.53. The van der Waals surface area contributed by atoms with Gasteiger partial charge in [-0.15, -0.1) is 11.3 Å². The van der Waals surface area contributed by atoms with Crippen LogP contribution in [0.25, 0.3) is 0 Å². The maximum atomic E-state index is 12.0. The highest BCUT2D eigenvalue weighted by molar-refractivity contribution is 9.10. The Kier molecular flexibility index (Phi) is 6.11. The molecule has 2 N–H and O–H groups in total. The largest absolute Gasteiger partial charge is 0.392 e. The van der Waals surface area contributed by atoms with Crippen molar-refractivity contribution in [2.24, 2.45) is 0 Å². The summed E-state index contributed by atoms with van der Waals surface area (Å²) in [5.41, 5.74) is 0. The van der Waals surface area contributed by atoms with E-state index in [1.807, 2.05) is 25.3 Å². The quantitative estimate of drug-likeness (QED) is 0.869. The standard InChI is InChI=1S/C12H19BrN2O2S/c1-8(2)15(6-9(3)16)12(17)14-5-11-4-10(13)7-18-11/h4,7-9,16H,5-6H2,1-3H3,(H,14,17). The monoisotopic (exact) mass is 334 g/mol. The van der Waals surface area contributed by atoms with Crippen LogP contribution in [0.3, 0.4) is 0 Å². The van der Waals surface area contributed by atoms with Crippen LogP contribution < -0.4 is 5.32 Å². The van der Waals surface area contributed by atoms with Crippen molar-refractivity contribution in [3.63, 3.8) is 0 Å². The topological polar surface area (TPSA) is 52.6 Å². The fourth-order valence-corrected chi connectivity index (χ4v) is 2.91. The van der Waals surface area contributed by atoms with E-state index in [0.29, 0.717) is 13.1 Å². The van der Waals surface area contributed by atoms with Crippen LogP contribution in [0.1, 0.15) is 25.6 Å². The molecule has 18 heavy (non-hydrogen) atoms. The molecule has 1 unspecified atom stereocenters. The number of hydrogen-bond acceptors (Lipinski definition) is 3. The zero-order valence-electron chi connectivity index (χ0n) is 10.8. The summed E-state index contributed by atoms with van der Waals surface area (Å²) in [6.07, 6.45) is -0.519. The lowest BCUT2D eigenvalue weighted by molar-refractivity contribution is 0.119. The minimum atomic E-state index is -0.519. The molecule has 1 rings (SSSR count). The lowest BCUT2D eigenvalue weighted by Gasteiger charge is -2.28. The molecular formula is C12H19BrN2O2S. The highest BCUT2D eigenvalue weighted by Crippen LogP contribution is 2.19. The fraction of sp³-hybridized carbons (Fsp3) is 0.583. The van der Waals surface area contributed by atoms with Crippen molar-refractivity contribution < 1.29 is 9.90 Å². The Morgan fingerprint density at radius 1 is 1.56 bits per heavy atom.